The van der Waals surface area contributed by atoms with Crippen molar-refractivity contribution in [2.45, 2.75) is 47.9 Å². The van der Waals surface area contributed by atoms with Gasteiger partial charge in [0.15, 0.2) is 14.9 Å². The predicted octanol–water partition coefficient (Wildman–Crippen LogP) is 4.30. The molecule has 2 aromatic rings. The molecule has 0 saturated heterocycles. The number of hydrogen-bond acceptors (Lipinski definition) is 5. The normalized spacial score (nSPS) is 18.0. The first-order valence-corrected chi connectivity index (χ1v) is 10.4. The highest BCUT2D eigenvalue weighted by molar-refractivity contribution is 7.99. The average molecular weight is 363 g/mol. The van der Waals surface area contributed by atoms with Crippen molar-refractivity contribution in [3.05, 3.63) is 48.2 Å². The summed E-state index contributed by atoms with van der Waals surface area (Å²) in [5.41, 5.74) is 2.13. The molecule has 4 nitrogen and oxygen atoms in total. The molecule has 1 atom stereocenters. The lowest BCUT2D eigenvalue weighted by atomic mass is 10.0. The van der Waals surface area contributed by atoms with Crippen molar-refractivity contribution in [2.75, 3.05) is 11.1 Å². The van der Waals surface area contributed by atoms with Crippen LogP contribution in [0.15, 0.2) is 52.5 Å². The smallest absolute Gasteiger partial charge is 0.200 e. The van der Waals surface area contributed by atoms with E-state index < -0.39 is 14.6 Å². The molecule has 6 heteroatoms. The highest BCUT2D eigenvalue weighted by Crippen LogP contribution is 2.37. The SMILES string of the molecule is CC(C)(C)S(=O)(=O)c1ccc(NC2CCSc3ccccc32)cn1. The van der Waals surface area contributed by atoms with Crippen LogP contribution in [-0.4, -0.2) is 23.9 Å². The molecule has 1 N–H and O–H groups in total. The number of hydrogen-bond donors (Lipinski definition) is 1. The van der Waals surface area contributed by atoms with Crippen LogP contribution in [0.3, 0.4) is 0 Å². The topological polar surface area (TPSA) is 59.1 Å². The van der Waals surface area contributed by atoms with E-state index in [1.807, 2.05) is 11.8 Å². The molecule has 0 amide bonds. The van der Waals surface area contributed by atoms with Gasteiger partial charge in [-0.2, -0.15) is 0 Å². The van der Waals surface area contributed by atoms with Gasteiger partial charge in [0.1, 0.15) is 0 Å². The van der Waals surface area contributed by atoms with Gasteiger partial charge in [-0.25, -0.2) is 13.4 Å². The third kappa shape index (κ3) is 3.30. The summed E-state index contributed by atoms with van der Waals surface area (Å²) in [6.07, 6.45) is 2.65. The lowest BCUT2D eigenvalue weighted by Crippen LogP contribution is -2.28. The fraction of sp³-hybridized carbons (Fsp3) is 0.389. The molecule has 0 fully saturated rings. The number of fused-ring (bicyclic) bond motifs is 1. The summed E-state index contributed by atoms with van der Waals surface area (Å²) in [5, 5.41) is 3.61. The second kappa shape index (κ2) is 6.41. The monoisotopic (exact) mass is 362 g/mol. The number of nitrogens with one attached hydrogen (secondary N) is 1. The summed E-state index contributed by atoms with van der Waals surface area (Å²) in [7, 11) is -3.42. The summed E-state index contributed by atoms with van der Waals surface area (Å²) in [6, 6.07) is 12.0. The zero-order chi connectivity index (χ0) is 17.4. The van der Waals surface area contributed by atoms with Crippen LogP contribution < -0.4 is 5.32 Å². The molecule has 1 aliphatic heterocycles. The lowest BCUT2D eigenvalue weighted by molar-refractivity contribution is 0.556. The van der Waals surface area contributed by atoms with Gasteiger partial charge in [0, 0.05) is 10.6 Å². The molecule has 1 aromatic heterocycles. The summed E-state index contributed by atoms with van der Waals surface area (Å²) < 4.78 is 24.0. The Hall–Kier alpha value is -1.53. The van der Waals surface area contributed by atoms with Gasteiger partial charge in [0.05, 0.1) is 22.7 Å². The Balaban J connectivity index is 1.81. The number of rotatable bonds is 3. The third-order valence-corrected chi connectivity index (χ3v) is 7.64. The van der Waals surface area contributed by atoms with E-state index in [2.05, 4.69) is 34.6 Å². The van der Waals surface area contributed by atoms with Gasteiger partial charge in [0.2, 0.25) is 0 Å². The zero-order valence-electron chi connectivity index (χ0n) is 14.1. The van der Waals surface area contributed by atoms with Crippen molar-refractivity contribution < 1.29 is 8.42 Å². The van der Waals surface area contributed by atoms with E-state index in [-0.39, 0.29) is 11.1 Å². The average Bonchev–Trinajstić information content (AvgIpc) is 2.55. The maximum Gasteiger partial charge on any atom is 0.200 e. The molecule has 0 spiro atoms. The highest BCUT2D eigenvalue weighted by atomic mass is 32.2. The van der Waals surface area contributed by atoms with Gasteiger partial charge in [-0.3, -0.25) is 0 Å². The minimum absolute atomic E-state index is 0.125. The first-order chi connectivity index (χ1) is 11.3. The van der Waals surface area contributed by atoms with Crippen LogP contribution in [0.2, 0.25) is 0 Å². The Kier molecular flexibility index (Phi) is 4.62. The maximum atomic E-state index is 12.4. The largest absolute Gasteiger partial charge is 0.377 e. The van der Waals surface area contributed by atoms with Crippen molar-refractivity contribution in [1.82, 2.24) is 4.98 Å². The van der Waals surface area contributed by atoms with Gasteiger partial charge >= 0.3 is 0 Å². The molecule has 1 aromatic carbocycles. The number of nitrogens with zero attached hydrogens (tertiary/aromatic N) is 1. The van der Waals surface area contributed by atoms with Crippen molar-refractivity contribution >= 4 is 27.3 Å². The number of pyridine rings is 1. The number of anilines is 1. The molecule has 2 heterocycles. The third-order valence-electron chi connectivity index (χ3n) is 4.12. The number of aromatic nitrogens is 1. The molecule has 0 aliphatic carbocycles. The number of thioether (sulfide) groups is 1. The van der Waals surface area contributed by atoms with E-state index in [1.54, 1.807) is 39.1 Å². The van der Waals surface area contributed by atoms with E-state index in [0.717, 1.165) is 17.9 Å². The van der Waals surface area contributed by atoms with Gasteiger partial charge in [-0.05, 0) is 51.0 Å². The molecular formula is C18H22N2O2S2. The molecule has 1 unspecified atom stereocenters. The standard InChI is InChI=1S/C18H22N2O2S2/c1-18(2,3)24(21,22)17-9-8-13(12-19-17)20-15-10-11-23-16-7-5-4-6-14(15)16/h4-9,12,15,20H,10-11H2,1-3H3. The predicted molar refractivity (Wildman–Crippen MR) is 99.3 cm³/mol. The van der Waals surface area contributed by atoms with E-state index in [4.69, 9.17) is 0 Å². The Morgan fingerprint density at radius 2 is 1.92 bits per heavy atom. The minimum Gasteiger partial charge on any atom is -0.377 e. The van der Waals surface area contributed by atoms with Crippen molar-refractivity contribution in [3.8, 4) is 0 Å². The van der Waals surface area contributed by atoms with Crippen LogP contribution >= 0.6 is 11.8 Å². The van der Waals surface area contributed by atoms with E-state index in [1.165, 1.54) is 10.5 Å². The summed E-state index contributed by atoms with van der Waals surface area (Å²) in [4.78, 5) is 5.49. The molecule has 0 bridgehead atoms. The first-order valence-electron chi connectivity index (χ1n) is 7.98. The molecule has 0 radical (unpaired) electrons. The lowest BCUT2D eigenvalue weighted by Gasteiger charge is -2.26. The van der Waals surface area contributed by atoms with Crippen LogP contribution in [0.4, 0.5) is 5.69 Å². The van der Waals surface area contributed by atoms with Crippen molar-refractivity contribution in [2.24, 2.45) is 0 Å². The van der Waals surface area contributed by atoms with Crippen LogP contribution in [0.5, 0.6) is 0 Å². The van der Waals surface area contributed by atoms with Gasteiger partial charge in [-0.1, -0.05) is 18.2 Å². The Morgan fingerprint density at radius 3 is 2.58 bits per heavy atom. The van der Waals surface area contributed by atoms with E-state index >= 15 is 0 Å². The van der Waals surface area contributed by atoms with Crippen molar-refractivity contribution in [3.63, 3.8) is 0 Å². The van der Waals surface area contributed by atoms with Crippen molar-refractivity contribution in [1.29, 1.82) is 0 Å². The summed E-state index contributed by atoms with van der Waals surface area (Å²) >= 11 is 1.88. The second-order valence-corrected chi connectivity index (χ2v) is 10.7. The summed E-state index contributed by atoms with van der Waals surface area (Å²) in [6.45, 7) is 5.06. The molecular weight excluding hydrogens is 340 g/mol. The number of benzene rings is 1. The Labute approximate surface area is 148 Å². The molecule has 1 aliphatic rings. The molecule has 128 valence electrons. The fourth-order valence-electron chi connectivity index (χ4n) is 2.63. The molecule has 0 saturated carbocycles. The number of sulfone groups is 1. The van der Waals surface area contributed by atoms with Gasteiger partial charge in [0.25, 0.3) is 0 Å². The quantitative estimate of drug-likeness (QED) is 0.882. The Morgan fingerprint density at radius 1 is 1.17 bits per heavy atom. The fourth-order valence-corrected chi connectivity index (χ4v) is 4.82. The molecule has 24 heavy (non-hydrogen) atoms. The minimum atomic E-state index is -3.42. The maximum absolute atomic E-state index is 12.4. The van der Waals surface area contributed by atoms with Gasteiger partial charge in [-0.15, -0.1) is 11.8 Å². The van der Waals surface area contributed by atoms with Crippen LogP contribution in [0.1, 0.15) is 38.8 Å². The van der Waals surface area contributed by atoms with Gasteiger partial charge < -0.3 is 5.32 Å². The highest BCUT2D eigenvalue weighted by Gasteiger charge is 2.32. The zero-order valence-corrected chi connectivity index (χ0v) is 15.7. The van der Waals surface area contributed by atoms with Crippen LogP contribution in [-0.2, 0) is 9.84 Å². The van der Waals surface area contributed by atoms with E-state index in [9.17, 15) is 8.42 Å². The van der Waals surface area contributed by atoms with Crippen LogP contribution in [0.25, 0.3) is 0 Å². The van der Waals surface area contributed by atoms with E-state index in [0.29, 0.717) is 0 Å². The second-order valence-electron chi connectivity index (χ2n) is 6.87. The van der Waals surface area contributed by atoms with Crippen LogP contribution in [0, 0.1) is 0 Å². The molecule has 3 rings (SSSR count). The summed E-state index contributed by atoms with van der Waals surface area (Å²) in [5.74, 6) is 1.07. The first kappa shape index (κ1) is 17.3. The Bertz CT molecular complexity index is 825.